The molecule has 0 amide bonds. The van der Waals surface area contributed by atoms with Crippen molar-refractivity contribution >= 4 is 28.6 Å². The fourth-order valence-corrected chi connectivity index (χ4v) is 3.56. The molecule has 10 heteroatoms. The average Bonchev–Trinajstić information content (AvgIpc) is 3.05. The Hall–Kier alpha value is -2.85. The van der Waals surface area contributed by atoms with Crippen LogP contribution in [0.5, 0.6) is 0 Å². The van der Waals surface area contributed by atoms with E-state index in [0.717, 1.165) is 29.8 Å². The maximum absolute atomic E-state index is 5.25. The normalized spacial score (nSPS) is 19.7. The summed E-state index contributed by atoms with van der Waals surface area (Å²) in [5.41, 5.74) is 2.54. The number of hydrogen-bond acceptors (Lipinski definition) is 9. The molecule has 2 N–H and O–H groups in total. The molecular weight excluding hydrogens is 370 g/mol. The first kappa shape index (κ1) is 19.5. The van der Waals surface area contributed by atoms with E-state index < -0.39 is 0 Å². The predicted molar refractivity (Wildman–Crippen MR) is 112 cm³/mol. The SMILES string of the molecule is COCCn1nc(C)c2nc(N3C[C@H](C)NC[C@H]3C)nc(Nc3ccncn3)c21. The van der Waals surface area contributed by atoms with Crippen molar-refractivity contribution in [1.29, 1.82) is 0 Å². The second-order valence-corrected chi connectivity index (χ2v) is 7.40. The van der Waals surface area contributed by atoms with Crippen molar-refractivity contribution in [2.45, 2.75) is 39.4 Å². The van der Waals surface area contributed by atoms with Crippen LogP contribution in [-0.2, 0) is 11.3 Å². The Morgan fingerprint density at radius 3 is 2.93 bits per heavy atom. The summed E-state index contributed by atoms with van der Waals surface area (Å²) < 4.78 is 7.14. The smallest absolute Gasteiger partial charge is 0.228 e. The summed E-state index contributed by atoms with van der Waals surface area (Å²) in [5.74, 6) is 2.05. The molecule has 0 radical (unpaired) electrons. The maximum Gasteiger partial charge on any atom is 0.228 e. The highest BCUT2D eigenvalue weighted by molar-refractivity contribution is 5.90. The number of hydrogen-bond donors (Lipinski definition) is 2. The molecule has 0 unspecified atom stereocenters. The van der Waals surface area contributed by atoms with Gasteiger partial charge in [-0.1, -0.05) is 0 Å². The first-order valence-electron chi connectivity index (χ1n) is 9.84. The number of aryl methyl sites for hydroxylation is 1. The van der Waals surface area contributed by atoms with Crippen LogP contribution in [0, 0.1) is 6.92 Å². The van der Waals surface area contributed by atoms with Gasteiger partial charge in [-0.15, -0.1) is 0 Å². The van der Waals surface area contributed by atoms with E-state index in [1.807, 2.05) is 17.7 Å². The van der Waals surface area contributed by atoms with Gasteiger partial charge in [-0.25, -0.2) is 15.0 Å². The second kappa shape index (κ2) is 8.26. The van der Waals surface area contributed by atoms with Gasteiger partial charge >= 0.3 is 0 Å². The highest BCUT2D eigenvalue weighted by Crippen LogP contribution is 2.29. The maximum atomic E-state index is 5.25. The number of methoxy groups -OCH3 is 1. The number of rotatable bonds is 6. The molecule has 1 aliphatic heterocycles. The number of ether oxygens (including phenoxy) is 1. The monoisotopic (exact) mass is 397 g/mol. The molecule has 154 valence electrons. The molecule has 29 heavy (non-hydrogen) atoms. The van der Waals surface area contributed by atoms with Crippen LogP contribution in [0.3, 0.4) is 0 Å². The van der Waals surface area contributed by atoms with Gasteiger partial charge < -0.3 is 20.3 Å². The van der Waals surface area contributed by atoms with E-state index in [9.17, 15) is 0 Å². The molecule has 3 aromatic rings. The number of fused-ring (bicyclic) bond motifs is 1. The summed E-state index contributed by atoms with van der Waals surface area (Å²) in [5, 5.41) is 11.5. The van der Waals surface area contributed by atoms with Crippen LogP contribution in [-0.4, -0.2) is 68.6 Å². The summed E-state index contributed by atoms with van der Waals surface area (Å²) in [4.78, 5) is 20.3. The van der Waals surface area contributed by atoms with Gasteiger partial charge in [0.1, 0.15) is 23.2 Å². The molecule has 0 aliphatic carbocycles. The van der Waals surface area contributed by atoms with E-state index in [2.05, 4.69) is 44.4 Å². The van der Waals surface area contributed by atoms with E-state index in [1.54, 1.807) is 13.3 Å². The Balaban J connectivity index is 1.83. The molecule has 4 rings (SSSR count). The van der Waals surface area contributed by atoms with Crippen molar-refractivity contribution in [3.05, 3.63) is 24.3 Å². The molecule has 1 fully saturated rings. The Kier molecular flexibility index (Phi) is 5.54. The summed E-state index contributed by atoms with van der Waals surface area (Å²) in [7, 11) is 1.68. The quantitative estimate of drug-likeness (QED) is 0.640. The van der Waals surface area contributed by atoms with Gasteiger partial charge in [0, 0.05) is 38.5 Å². The minimum Gasteiger partial charge on any atom is -0.383 e. The Labute approximate surface area is 169 Å². The topological polar surface area (TPSA) is 106 Å². The van der Waals surface area contributed by atoms with E-state index >= 15 is 0 Å². The fourth-order valence-electron chi connectivity index (χ4n) is 3.56. The van der Waals surface area contributed by atoms with Gasteiger partial charge in [-0.3, -0.25) is 4.68 Å². The Morgan fingerprint density at radius 2 is 2.17 bits per heavy atom. The number of aromatic nitrogens is 6. The minimum atomic E-state index is 0.291. The van der Waals surface area contributed by atoms with Crippen molar-refractivity contribution in [2.24, 2.45) is 0 Å². The van der Waals surface area contributed by atoms with Crippen molar-refractivity contribution in [1.82, 2.24) is 35.0 Å². The van der Waals surface area contributed by atoms with E-state index in [-0.39, 0.29) is 0 Å². The standard InChI is InChI=1S/C19H27N9O/c1-12-10-27(13(2)9-21-12)19-24-16-14(3)26-28(7-8-29-4)17(16)18(25-19)23-15-5-6-20-11-22-15/h5-6,11-13,21H,7-10H2,1-4H3,(H,20,22,23,24,25)/t12-,13+/m0/s1. The largest absolute Gasteiger partial charge is 0.383 e. The van der Waals surface area contributed by atoms with Crippen LogP contribution >= 0.6 is 0 Å². The first-order chi connectivity index (χ1) is 14.1. The van der Waals surface area contributed by atoms with Gasteiger partial charge in [0.25, 0.3) is 0 Å². The number of piperazine rings is 1. The third-order valence-corrected chi connectivity index (χ3v) is 5.10. The highest BCUT2D eigenvalue weighted by atomic mass is 16.5. The third-order valence-electron chi connectivity index (χ3n) is 5.10. The van der Waals surface area contributed by atoms with Crippen LogP contribution in [0.2, 0.25) is 0 Å². The summed E-state index contributed by atoms with van der Waals surface area (Å²) >= 11 is 0. The molecule has 0 bridgehead atoms. The average molecular weight is 397 g/mol. The van der Waals surface area contributed by atoms with Crippen molar-refractivity contribution in [3.63, 3.8) is 0 Å². The van der Waals surface area contributed by atoms with Gasteiger partial charge in [0.05, 0.1) is 18.8 Å². The molecule has 0 saturated carbocycles. The highest BCUT2D eigenvalue weighted by Gasteiger charge is 2.27. The summed E-state index contributed by atoms with van der Waals surface area (Å²) in [6.07, 6.45) is 3.21. The lowest BCUT2D eigenvalue weighted by Crippen LogP contribution is -2.55. The predicted octanol–water partition coefficient (Wildman–Crippen LogP) is 1.50. The van der Waals surface area contributed by atoms with Crippen molar-refractivity contribution in [3.8, 4) is 0 Å². The van der Waals surface area contributed by atoms with Crippen LogP contribution in [0.4, 0.5) is 17.6 Å². The van der Waals surface area contributed by atoms with Crippen LogP contribution < -0.4 is 15.5 Å². The van der Waals surface area contributed by atoms with Crippen LogP contribution in [0.15, 0.2) is 18.6 Å². The van der Waals surface area contributed by atoms with Crippen molar-refractivity contribution in [2.75, 3.05) is 37.0 Å². The lowest BCUT2D eigenvalue weighted by atomic mass is 10.1. The van der Waals surface area contributed by atoms with Gasteiger partial charge in [0.15, 0.2) is 5.82 Å². The van der Waals surface area contributed by atoms with Crippen LogP contribution in [0.25, 0.3) is 11.0 Å². The zero-order valence-corrected chi connectivity index (χ0v) is 17.3. The molecule has 10 nitrogen and oxygen atoms in total. The lowest BCUT2D eigenvalue weighted by molar-refractivity contribution is 0.185. The second-order valence-electron chi connectivity index (χ2n) is 7.40. The van der Waals surface area contributed by atoms with E-state index in [4.69, 9.17) is 14.7 Å². The molecule has 1 aliphatic rings. The molecule has 3 aromatic heterocycles. The lowest BCUT2D eigenvalue weighted by Gasteiger charge is -2.37. The van der Waals surface area contributed by atoms with Crippen molar-refractivity contribution < 1.29 is 4.74 Å². The zero-order valence-electron chi connectivity index (χ0n) is 17.3. The van der Waals surface area contributed by atoms with Gasteiger partial charge in [0.2, 0.25) is 5.95 Å². The third kappa shape index (κ3) is 3.99. The number of nitrogens with one attached hydrogen (secondary N) is 2. The van der Waals surface area contributed by atoms with Crippen LogP contribution in [0.1, 0.15) is 19.5 Å². The molecule has 0 spiro atoms. The minimum absolute atomic E-state index is 0.291. The number of nitrogens with zero attached hydrogens (tertiary/aromatic N) is 7. The molecular formula is C19H27N9O. The van der Waals surface area contributed by atoms with E-state index in [0.29, 0.717) is 42.8 Å². The molecule has 4 heterocycles. The molecule has 0 aromatic carbocycles. The van der Waals surface area contributed by atoms with Gasteiger partial charge in [-0.2, -0.15) is 10.1 Å². The van der Waals surface area contributed by atoms with E-state index in [1.165, 1.54) is 6.33 Å². The Morgan fingerprint density at radius 1 is 1.31 bits per heavy atom. The molecule has 2 atom stereocenters. The fraction of sp³-hybridized carbons (Fsp3) is 0.526. The Bertz CT molecular complexity index is 975. The molecule has 1 saturated heterocycles. The summed E-state index contributed by atoms with van der Waals surface area (Å²) in [6.45, 7) is 9.23. The summed E-state index contributed by atoms with van der Waals surface area (Å²) in [6, 6.07) is 2.47. The number of anilines is 3. The van der Waals surface area contributed by atoms with Gasteiger partial charge in [-0.05, 0) is 26.8 Å². The zero-order chi connectivity index (χ0) is 20.4. The first-order valence-corrected chi connectivity index (χ1v) is 9.84.